The van der Waals surface area contributed by atoms with Crippen molar-refractivity contribution in [3.63, 3.8) is 0 Å². The van der Waals surface area contributed by atoms with Gasteiger partial charge in [0, 0.05) is 28.3 Å². The van der Waals surface area contributed by atoms with E-state index in [-0.39, 0.29) is 18.0 Å². The van der Waals surface area contributed by atoms with E-state index in [4.69, 9.17) is 4.42 Å². The van der Waals surface area contributed by atoms with Crippen LogP contribution in [0.5, 0.6) is 0 Å². The first-order chi connectivity index (χ1) is 12.3. The maximum atomic E-state index is 12.4. The third kappa shape index (κ3) is 3.59. The van der Waals surface area contributed by atoms with Gasteiger partial charge in [0.05, 0.1) is 17.6 Å². The lowest BCUT2D eigenvalue weighted by Crippen LogP contribution is -2.14. The van der Waals surface area contributed by atoms with Crippen molar-refractivity contribution in [2.75, 3.05) is 5.32 Å². The second-order valence-electron chi connectivity index (χ2n) is 6.65. The number of aryl methyl sites for hydroxylation is 1. The van der Waals surface area contributed by atoms with Crippen LogP contribution in [0.1, 0.15) is 36.5 Å². The molecule has 0 aliphatic heterocycles. The lowest BCUT2D eigenvalue weighted by molar-refractivity contribution is -0.385. The van der Waals surface area contributed by atoms with E-state index in [1.54, 1.807) is 25.3 Å². The van der Waals surface area contributed by atoms with E-state index >= 15 is 0 Å². The van der Waals surface area contributed by atoms with Gasteiger partial charge in [0.15, 0.2) is 0 Å². The largest absolute Gasteiger partial charge is 0.464 e. The molecule has 0 saturated heterocycles. The molecule has 0 spiro atoms. The summed E-state index contributed by atoms with van der Waals surface area (Å²) >= 11 is 0. The van der Waals surface area contributed by atoms with Crippen molar-refractivity contribution >= 4 is 28.3 Å². The van der Waals surface area contributed by atoms with Crippen LogP contribution in [-0.2, 0) is 11.2 Å². The fourth-order valence-electron chi connectivity index (χ4n) is 2.86. The molecule has 0 bridgehead atoms. The van der Waals surface area contributed by atoms with Gasteiger partial charge in [0.2, 0.25) is 5.91 Å². The van der Waals surface area contributed by atoms with E-state index < -0.39 is 4.92 Å². The number of nitro groups is 1. The maximum Gasteiger partial charge on any atom is 0.274 e. The van der Waals surface area contributed by atoms with E-state index in [9.17, 15) is 14.9 Å². The predicted octanol–water partition coefficient (Wildman–Crippen LogP) is 4.95. The summed E-state index contributed by atoms with van der Waals surface area (Å²) in [5.74, 6) is 0.130. The zero-order chi connectivity index (χ0) is 18.8. The van der Waals surface area contributed by atoms with Crippen molar-refractivity contribution < 1.29 is 14.1 Å². The van der Waals surface area contributed by atoms with Crippen LogP contribution < -0.4 is 5.32 Å². The molecule has 0 aliphatic carbocycles. The highest BCUT2D eigenvalue weighted by Crippen LogP contribution is 2.27. The quantitative estimate of drug-likeness (QED) is 0.520. The molecule has 0 aliphatic rings. The Labute approximate surface area is 151 Å². The summed E-state index contributed by atoms with van der Waals surface area (Å²) in [4.78, 5) is 23.0. The van der Waals surface area contributed by atoms with Crippen molar-refractivity contribution in [3.8, 4) is 0 Å². The third-order valence-corrected chi connectivity index (χ3v) is 4.38. The number of furan rings is 1. The molecule has 3 aromatic rings. The Kier molecular flexibility index (Phi) is 4.75. The number of hydrogen-bond acceptors (Lipinski definition) is 4. The highest BCUT2D eigenvalue weighted by molar-refractivity contribution is 5.95. The molecule has 0 unspecified atom stereocenters. The summed E-state index contributed by atoms with van der Waals surface area (Å²) in [5.41, 5.74) is 3.65. The van der Waals surface area contributed by atoms with Crippen LogP contribution in [0.15, 0.2) is 47.1 Å². The zero-order valence-electron chi connectivity index (χ0n) is 14.9. The normalized spacial score (nSPS) is 11.1. The number of anilines is 1. The fraction of sp³-hybridized carbons (Fsp3) is 0.250. The third-order valence-electron chi connectivity index (χ3n) is 4.38. The lowest BCUT2D eigenvalue weighted by Gasteiger charge is -2.07. The molecule has 0 fully saturated rings. The molecule has 3 rings (SSSR count). The monoisotopic (exact) mass is 352 g/mol. The van der Waals surface area contributed by atoms with Crippen molar-refractivity contribution in [2.24, 2.45) is 0 Å². The van der Waals surface area contributed by atoms with Gasteiger partial charge < -0.3 is 9.73 Å². The predicted molar refractivity (Wildman–Crippen MR) is 100 cm³/mol. The topological polar surface area (TPSA) is 85.4 Å². The molecule has 0 radical (unpaired) electrons. The molecule has 0 atom stereocenters. The Morgan fingerprint density at radius 3 is 2.69 bits per heavy atom. The molecule has 1 heterocycles. The van der Waals surface area contributed by atoms with Gasteiger partial charge in [0.25, 0.3) is 5.69 Å². The van der Waals surface area contributed by atoms with Gasteiger partial charge in [0.1, 0.15) is 5.58 Å². The number of nitrogens with zero attached hydrogens (tertiary/aromatic N) is 1. The summed E-state index contributed by atoms with van der Waals surface area (Å²) in [5, 5.41) is 14.7. The summed E-state index contributed by atoms with van der Waals surface area (Å²) in [6.07, 6.45) is 1.72. The smallest absolute Gasteiger partial charge is 0.274 e. The van der Waals surface area contributed by atoms with E-state index in [0.717, 1.165) is 16.5 Å². The summed E-state index contributed by atoms with van der Waals surface area (Å²) in [6.45, 7) is 5.88. The van der Waals surface area contributed by atoms with Gasteiger partial charge in [-0.2, -0.15) is 0 Å². The minimum atomic E-state index is -0.456. The van der Waals surface area contributed by atoms with Crippen molar-refractivity contribution in [1.82, 2.24) is 0 Å². The molecule has 6 nitrogen and oxygen atoms in total. The van der Waals surface area contributed by atoms with E-state index in [1.165, 1.54) is 11.6 Å². The number of nitrogens with one attached hydrogen (secondary N) is 1. The standard InChI is InChI=1S/C20H20N2O4/c1-12(2)14-5-7-19-17(8-14)15(11-26-19)9-20(23)21-16-6-4-13(3)18(10-16)22(24)25/h4-8,10-12H,9H2,1-3H3,(H,21,23). The molecule has 26 heavy (non-hydrogen) atoms. The molecule has 1 N–H and O–H groups in total. The molecule has 1 aromatic heterocycles. The molecule has 134 valence electrons. The van der Waals surface area contributed by atoms with Crippen molar-refractivity contribution in [3.05, 3.63) is 69.5 Å². The number of amides is 1. The highest BCUT2D eigenvalue weighted by Gasteiger charge is 2.15. The van der Waals surface area contributed by atoms with Gasteiger partial charge in [-0.3, -0.25) is 14.9 Å². The second kappa shape index (κ2) is 7.00. The van der Waals surface area contributed by atoms with E-state index in [0.29, 0.717) is 17.2 Å². The summed E-state index contributed by atoms with van der Waals surface area (Å²) in [7, 11) is 0. The summed E-state index contributed by atoms with van der Waals surface area (Å²) in [6, 6.07) is 10.6. The molecular weight excluding hydrogens is 332 g/mol. The number of carbonyl (C=O) groups is 1. The van der Waals surface area contributed by atoms with Crippen LogP contribution >= 0.6 is 0 Å². The first-order valence-corrected chi connectivity index (χ1v) is 8.40. The number of nitro benzene ring substituents is 1. The second-order valence-corrected chi connectivity index (χ2v) is 6.65. The Morgan fingerprint density at radius 2 is 2.00 bits per heavy atom. The average Bonchev–Trinajstić information content (AvgIpc) is 2.98. The molecule has 1 amide bonds. The highest BCUT2D eigenvalue weighted by atomic mass is 16.6. The molecule has 2 aromatic carbocycles. The fourth-order valence-corrected chi connectivity index (χ4v) is 2.86. The molecule has 6 heteroatoms. The van der Waals surface area contributed by atoms with E-state index in [2.05, 4.69) is 19.2 Å². The van der Waals surface area contributed by atoms with Crippen LogP contribution in [0.25, 0.3) is 11.0 Å². The van der Waals surface area contributed by atoms with Crippen LogP contribution in [0, 0.1) is 17.0 Å². The van der Waals surface area contributed by atoms with Gasteiger partial charge in [-0.1, -0.05) is 26.0 Å². The lowest BCUT2D eigenvalue weighted by atomic mass is 10.00. The maximum absolute atomic E-state index is 12.4. The molecular formula is C20H20N2O4. The number of benzene rings is 2. The number of rotatable bonds is 5. The van der Waals surface area contributed by atoms with Crippen LogP contribution in [0.4, 0.5) is 11.4 Å². The first kappa shape index (κ1) is 17.7. The SMILES string of the molecule is Cc1ccc(NC(=O)Cc2coc3ccc(C(C)C)cc23)cc1[N+](=O)[O-]. The van der Waals surface area contributed by atoms with Crippen molar-refractivity contribution in [2.45, 2.75) is 33.1 Å². The number of fused-ring (bicyclic) bond motifs is 1. The number of hydrogen-bond donors (Lipinski definition) is 1. The zero-order valence-corrected chi connectivity index (χ0v) is 14.9. The first-order valence-electron chi connectivity index (χ1n) is 8.40. The van der Waals surface area contributed by atoms with Crippen molar-refractivity contribution in [1.29, 1.82) is 0 Å². The van der Waals surface area contributed by atoms with Crippen LogP contribution in [0.2, 0.25) is 0 Å². The minimum Gasteiger partial charge on any atom is -0.464 e. The van der Waals surface area contributed by atoms with Gasteiger partial charge in [-0.05, 0) is 36.6 Å². The van der Waals surface area contributed by atoms with Gasteiger partial charge in [-0.15, -0.1) is 0 Å². The minimum absolute atomic E-state index is 0.0156. The van der Waals surface area contributed by atoms with E-state index in [1.807, 2.05) is 18.2 Å². The summed E-state index contributed by atoms with van der Waals surface area (Å²) < 4.78 is 5.53. The Morgan fingerprint density at radius 1 is 1.23 bits per heavy atom. The van der Waals surface area contributed by atoms with Crippen LogP contribution in [0.3, 0.4) is 0 Å². The molecule has 0 saturated carbocycles. The van der Waals surface area contributed by atoms with Crippen LogP contribution in [-0.4, -0.2) is 10.8 Å². The Balaban J connectivity index is 1.80. The number of carbonyl (C=O) groups excluding carboxylic acids is 1. The Hall–Kier alpha value is -3.15. The Bertz CT molecular complexity index is 989. The van der Waals surface area contributed by atoms with Gasteiger partial charge >= 0.3 is 0 Å². The van der Waals surface area contributed by atoms with Gasteiger partial charge in [-0.25, -0.2) is 0 Å². The average molecular weight is 352 g/mol.